The van der Waals surface area contributed by atoms with Crippen LogP contribution < -0.4 is 4.74 Å². The van der Waals surface area contributed by atoms with Gasteiger partial charge in [0.15, 0.2) is 17.2 Å². The molecular formula is C24H23F2N3O4S. The van der Waals surface area contributed by atoms with Crippen LogP contribution in [0.2, 0.25) is 0 Å². The van der Waals surface area contributed by atoms with Crippen molar-refractivity contribution in [2.45, 2.75) is 38.9 Å². The van der Waals surface area contributed by atoms with Crippen molar-refractivity contribution in [1.29, 1.82) is 0 Å². The lowest BCUT2D eigenvalue weighted by atomic mass is 9.85. The van der Waals surface area contributed by atoms with Gasteiger partial charge in [-0.1, -0.05) is 13.0 Å². The van der Waals surface area contributed by atoms with Crippen molar-refractivity contribution >= 4 is 22.8 Å². The molecule has 0 aliphatic carbocycles. The van der Waals surface area contributed by atoms with Gasteiger partial charge in [-0.3, -0.25) is 9.20 Å². The number of aromatic nitrogens is 3. The predicted octanol–water partition coefficient (Wildman–Crippen LogP) is 3.97. The average molecular weight is 488 g/mol. The fourth-order valence-corrected chi connectivity index (χ4v) is 4.63. The van der Waals surface area contributed by atoms with Gasteiger partial charge in [0.2, 0.25) is 0 Å². The van der Waals surface area contributed by atoms with Crippen molar-refractivity contribution in [2.75, 3.05) is 6.61 Å². The van der Waals surface area contributed by atoms with E-state index in [0.29, 0.717) is 26.9 Å². The van der Waals surface area contributed by atoms with Crippen LogP contribution in [0.25, 0.3) is 5.65 Å². The number of nitrogens with zero attached hydrogens (tertiary/aromatic N) is 3. The van der Waals surface area contributed by atoms with Crippen LogP contribution in [0.4, 0.5) is 8.78 Å². The first-order valence-corrected chi connectivity index (χ1v) is 11.3. The van der Waals surface area contributed by atoms with Crippen LogP contribution in [-0.2, 0) is 18.6 Å². The Kier molecular flexibility index (Phi) is 6.74. The highest BCUT2D eigenvalue weighted by atomic mass is 32.1. The molecular weight excluding hydrogens is 464 g/mol. The maximum absolute atomic E-state index is 14.0. The van der Waals surface area contributed by atoms with Crippen molar-refractivity contribution in [3.05, 3.63) is 81.2 Å². The Hall–Kier alpha value is -3.21. The minimum Gasteiger partial charge on any atom is -0.485 e. The normalized spacial score (nSPS) is 13.2. The second kappa shape index (κ2) is 9.57. The summed E-state index contributed by atoms with van der Waals surface area (Å²) in [5, 5.41) is 19.9. The lowest BCUT2D eigenvalue weighted by Gasteiger charge is -2.24. The Bertz CT molecular complexity index is 1330. The van der Waals surface area contributed by atoms with Gasteiger partial charge in [-0.15, -0.1) is 11.3 Å². The summed E-state index contributed by atoms with van der Waals surface area (Å²) < 4.78 is 35.2. The summed E-state index contributed by atoms with van der Waals surface area (Å²) in [6.07, 6.45) is 3.14. The molecule has 0 unspecified atom stereocenters. The first-order chi connectivity index (χ1) is 16.3. The Morgan fingerprint density at radius 1 is 1.21 bits per heavy atom. The molecule has 178 valence electrons. The number of pyridine rings is 1. The van der Waals surface area contributed by atoms with Crippen LogP contribution in [0.15, 0.2) is 42.7 Å². The summed E-state index contributed by atoms with van der Waals surface area (Å²) in [5.41, 5.74) is -0.0387. The highest BCUT2D eigenvalue weighted by Crippen LogP contribution is 2.33. The zero-order chi connectivity index (χ0) is 24.5. The third-order valence-electron chi connectivity index (χ3n) is 5.61. The molecule has 0 spiro atoms. The molecule has 3 heterocycles. The minimum absolute atomic E-state index is 0.0396. The second-order valence-electron chi connectivity index (χ2n) is 8.21. The van der Waals surface area contributed by atoms with Crippen LogP contribution in [0.5, 0.6) is 5.75 Å². The molecule has 4 rings (SSSR count). The number of aliphatic hydroxyl groups excluding tert-OH is 2. The number of aryl methyl sites for hydroxylation is 1. The number of halogens is 2. The molecule has 0 saturated heterocycles. The number of ether oxygens (including phenoxy) is 1. The average Bonchev–Trinajstić information content (AvgIpc) is 3.43. The third kappa shape index (κ3) is 4.44. The number of carbonyl (C=O) groups is 1. The van der Waals surface area contributed by atoms with Crippen LogP contribution in [-0.4, -0.2) is 37.0 Å². The molecule has 4 aromatic rings. The van der Waals surface area contributed by atoms with E-state index in [-0.39, 0.29) is 43.3 Å². The molecule has 0 bridgehead atoms. The summed E-state index contributed by atoms with van der Waals surface area (Å²) in [4.78, 5) is 22.7. The number of carbonyl (C=O) groups excluding carboxylic acids is 1. The summed E-state index contributed by atoms with van der Waals surface area (Å²) in [6, 6.07) is 6.85. The van der Waals surface area contributed by atoms with Gasteiger partial charge in [0.25, 0.3) is 0 Å². The zero-order valence-electron chi connectivity index (χ0n) is 18.6. The van der Waals surface area contributed by atoms with Gasteiger partial charge in [-0.05, 0) is 31.2 Å². The largest absolute Gasteiger partial charge is 0.485 e. The lowest BCUT2D eigenvalue weighted by Crippen LogP contribution is -2.30. The smallest absolute Gasteiger partial charge is 0.182 e. The predicted molar refractivity (Wildman–Crippen MR) is 122 cm³/mol. The molecule has 2 N–H and O–H groups in total. The molecule has 7 nitrogen and oxygen atoms in total. The SMILES string of the molecule is Cc1nc2c(OCc3c(F)cccc3F)cccn2c1C(=O)C[C@@](C)(CO)c1ncc(CO)s1. The number of ketones is 1. The van der Waals surface area contributed by atoms with E-state index >= 15 is 0 Å². The van der Waals surface area contributed by atoms with E-state index in [1.165, 1.54) is 23.6 Å². The van der Waals surface area contributed by atoms with E-state index in [4.69, 9.17) is 4.74 Å². The molecule has 34 heavy (non-hydrogen) atoms. The summed E-state index contributed by atoms with van der Waals surface area (Å²) >= 11 is 1.24. The third-order valence-corrected chi connectivity index (χ3v) is 6.90. The van der Waals surface area contributed by atoms with Crippen LogP contribution >= 0.6 is 11.3 Å². The first-order valence-electron chi connectivity index (χ1n) is 10.5. The fourth-order valence-electron chi connectivity index (χ4n) is 3.72. The number of imidazole rings is 1. The second-order valence-corrected chi connectivity index (χ2v) is 9.32. The molecule has 0 saturated carbocycles. The number of fused-ring (bicyclic) bond motifs is 1. The highest BCUT2D eigenvalue weighted by molar-refractivity contribution is 7.11. The fraction of sp³-hybridized carbons (Fsp3) is 0.292. The van der Waals surface area contributed by atoms with Crippen LogP contribution in [0, 0.1) is 18.6 Å². The van der Waals surface area contributed by atoms with Gasteiger partial charge >= 0.3 is 0 Å². The van der Waals surface area contributed by atoms with E-state index in [2.05, 4.69) is 9.97 Å². The van der Waals surface area contributed by atoms with Crippen LogP contribution in [0.3, 0.4) is 0 Å². The molecule has 1 aromatic carbocycles. The van der Waals surface area contributed by atoms with E-state index in [1.807, 2.05) is 0 Å². The topological polar surface area (TPSA) is 97.0 Å². The number of thiazole rings is 1. The monoisotopic (exact) mass is 487 g/mol. The van der Waals surface area contributed by atoms with Gasteiger partial charge in [-0.25, -0.2) is 18.7 Å². The highest BCUT2D eigenvalue weighted by Gasteiger charge is 2.34. The maximum Gasteiger partial charge on any atom is 0.182 e. The maximum atomic E-state index is 14.0. The summed E-state index contributed by atoms with van der Waals surface area (Å²) in [7, 11) is 0. The molecule has 0 fully saturated rings. The van der Waals surface area contributed by atoms with Gasteiger partial charge in [-0.2, -0.15) is 0 Å². The zero-order valence-corrected chi connectivity index (χ0v) is 19.4. The van der Waals surface area contributed by atoms with Crippen molar-refractivity contribution in [2.24, 2.45) is 0 Å². The molecule has 10 heteroatoms. The first kappa shape index (κ1) is 23.9. The molecule has 0 amide bonds. The van der Waals surface area contributed by atoms with E-state index in [0.717, 1.165) is 12.1 Å². The van der Waals surface area contributed by atoms with Gasteiger partial charge in [0.05, 0.1) is 29.3 Å². The van der Waals surface area contributed by atoms with Gasteiger partial charge < -0.3 is 14.9 Å². The van der Waals surface area contributed by atoms with E-state index in [1.54, 1.807) is 36.6 Å². The molecule has 0 radical (unpaired) electrons. The summed E-state index contributed by atoms with van der Waals surface area (Å²) in [6.45, 7) is 2.60. The number of rotatable bonds is 9. The van der Waals surface area contributed by atoms with E-state index < -0.39 is 17.0 Å². The molecule has 1 atom stereocenters. The molecule has 0 aliphatic rings. The number of hydrogen-bond acceptors (Lipinski definition) is 7. The van der Waals surface area contributed by atoms with E-state index in [9.17, 15) is 23.8 Å². The Morgan fingerprint density at radius 3 is 2.59 bits per heavy atom. The minimum atomic E-state index is -0.942. The summed E-state index contributed by atoms with van der Waals surface area (Å²) in [5.74, 6) is -1.42. The number of benzene rings is 1. The molecule has 3 aromatic heterocycles. The Balaban J connectivity index is 1.63. The quantitative estimate of drug-likeness (QED) is 0.347. The molecule has 0 aliphatic heterocycles. The Morgan fingerprint density at radius 2 is 1.94 bits per heavy atom. The van der Waals surface area contributed by atoms with Crippen molar-refractivity contribution in [3.8, 4) is 5.75 Å². The number of Topliss-reactive ketones (excluding diaryl/α,β-unsaturated/α-hetero) is 1. The standard InChI is InChI=1S/C24H23F2N3O4S/c1-14-21(19(32)9-24(2,13-31)23-27-10-15(11-30)34-23)29-8-4-7-20(22(29)28-14)33-12-16-17(25)5-3-6-18(16)26/h3-8,10,30-31H,9,11-13H2,1-2H3/t24-/m0/s1. The van der Waals surface area contributed by atoms with Crippen molar-refractivity contribution in [1.82, 2.24) is 14.4 Å². The van der Waals surface area contributed by atoms with Crippen molar-refractivity contribution in [3.63, 3.8) is 0 Å². The van der Waals surface area contributed by atoms with Gasteiger partial charge in [0, 0.05) is 24.2 Å². The van der Waals surface area contributed by atoms with Crippen molar-refractivity contribution < 1.29 is 28.5 Å². The Labute approximate surface area is 198 Å². The lowest BCUT2D eigenvalue weighted by molar-refractivity contribution is 0.0912. The number of aliphatic hydroxyl groups is 2. The van der Waals surface area contributed by atoms with Crippen LogP contribution in [0.1, 0.15) is 45.0 Å². The number of hydrogen-bond donors (Lipinski definition) is 2. The van der Waals surface area contributed by atoms with Gasteiger partial charge in [0.1, 0.15) is 28.9 Å².